The largest absolute Gasteiger partial charge is 0.350 e. The SMILES string of the molecule is Cc1c(Cl)cccc1C(=O)NCC1(N)CCC1.Cl. The highest BCUT2D eigenvalue weighted by Crippen LogP contribution is 2.28. The van der Waals surface area contributed by atoms with E-state index in [0.717, 1.165) is 24.8 Å². The number of carbonyl (C=O) groups excluding carboxylic acids is 1. The fraction of sp³-hybridized carbons (Fsp3) is 0.462. The first-order valence-corrected chi connectivity index (χ1v) is 6.22. The van der Waals surface area contributed by atoms with Gasteiger partial charge in [0, 0.05) is 22.7 Å². The van der Waals surface area contributed by atoms with E-state index < -0.39 is 0 Å². The van der Waals surface area contributed by atoms with Crippen LogP contribution in [0.2, 0.25) is 5.02 Å². The van der Waals surface area contributed by atoms with E-state index in [2.05, 4.69) is 5.32 Å². The molecule has 1 aromatic carbocycles. The Bertz CT molecular complexity index is 445. The molecule has 0 unspecified atom stereocenters. The van der Waals surface area contributed by atoms with E-state index in [1.165, 1.54) is 0 Å². The zero-order chi connectivity index (χ0) is 12.5. The summed E-state index contributed by atoms with van der Waals surface area (Å²) in [6.07, 6.45) is 3.13. The van der Waals surface area contributed by atoms with E-state index in [1.54, 1.807) is 18.2 Å². The molecular weight excluding hydrogens is 271 g/mol. The third-order valence-electron chi connectivity index (χ3n) is 3.46. The molecule has 1 amide bonds. The van der Waals surface area contributed by atoms with Gasteiger partial charge in [-0.1, -0.05) is 17.7 Å². The molecule has 1 aliphatic carbocycles. The first kappa shape index (κ1) is 15.3. The monoisotopic (exact) mass is 288 g/mol. The minimum absolute atomic E-state index is 0. The fourth-order valence-corrected chi connectivity index (χ4v) is 2.19. The summed E-state index contributed by atoms with van der Waals surface area (Å²) in [4.78, 5) is 12.0. The number of benzene rings is 1. The number of rotatable bonds is 3. The Morgan fingerprint density at radius 2 is 2.17 bits per heavy atom. The second-order valence-electron chi connectivity index (χ2n) is 4.81. The molecule has 1 aromatic rings. The number of halogens is 2. The van der Waals surface area contributed by atoms with Crippen LogP contribution in [-0.4, -0.2) is 18.0 Å². The molecule has 0 saturated heterocycles. The zero-order valence-corrected chi connectivity index (χ0v) is 11.9. The van der Waals surface area contributed by atoms with Crippen LogP contribution in [-0.2, 0) is 0 Å². The predicted octanol–water partition coefficient (Wildman–Crippen LogP) is 2.68. The molecule has 3 nitrogen and oxygen atoms in total. The lowest BCUT2D eigenvalue weighted by atomic mass is 9.78. The molecule has 0 aromatic heterocycles. The fourth-order valence-electron chi connectivity index (χ4n) is 2.01. The summed E-state index contributed by atoms with van der Waals surface area (Å²) >= 11 is 5.98. The van der Waals surface area contributed by atoms with Crippen LogP contribution in [0.3, 0.4) is 0 Å². The smallest absolute Gasteiger partial charge is 0.251 e. The van der Waals surface area contributed by atoms with Gasteiger partial charge in [0.1, 0.15) is 0 Å². The lowest BCUT2D eigenvalue weighted by molar-refractivity contribution is 0.0929. The molecule has 100 valence electrons. The van der Waals surface area contributed by atoms with Crippen LogP contribution in [0.4, 0.5) is 0 Å². The lowest BCUT2D eigenvalue weighted by Gasteiger charge is -2.38. The van der Waals surface area contributed by atoms with Crippen molar-refractivity contribution in [3.05, 3.63) is 34.3 Å². The van der Waals surface area contributed by atoms with Gasteiger partial charge in [-0.15, -0.1) is 12.4 Å². The maximum atomic E-state index is 12.0. The van der Waals surface area contributed by atoms with Gasteiger partial charge in [0.2, 0.25) is 0 Å². The molecule has 0 aliphatic heterocycles. The van der Waals surface area contributed by atoms with Gasteiger partial charge in [-0.25, -0.2) is 0 Å². The molecule has 1 aliphatic rings. The molecule has 3 N–H and O–H groups in total. The van der Waals surface area contributed by atoms with E-state index >= 15 is 0 Å². The van der Waals surface area contributed by atoms with E-state index in [-0.39, 0.29) is 23.9 Å². The van der Waals surface area contributed by atoms with Crippen LogP contribution in [0.15, 0.2) is 18.2 Å². The van der Waals surface area contributed by atoms with Gasteiger partial charge in [0.25, 0.3) is 5.91 Å². The summed E-state index contributed by atoms with van der Waals surface area (Å²) in [7, 11) is 0. The van der Waals surface area contributed by atoms with Crippen molar-refractivity contribution in [2.24, 2.45) is 5.73 Å². The maximum Gasteiger partial charge on any atom is 0.251 e. The average molecular weight is 289 g/mol. The van der Waals surface area contributed by atoms with Crippen LogP contribution in [0, 0.1) is 6.92 Å². The standard InChI is InChI=1S/C13H17ClN2O.ClH/c1-9-10(4-2-5-11(9)14)12(17)16-8-13(15)6-3-7-13;/h2,4-5H,3,6-8,15H2,1H3,(H,16,17);1H. The Hall–Kier alpha value is -0.770. The quantitative estimate of drug-likeness (QED) is 0.899. The number of carbonyl (C=O) groups is 1. The van der Waals surface area contributed by atoms with Crippen molar-refractivity contribution in [1.82, 2.24) is 5.32 Å². The molecule has 18 heavy (non-hydrogen) atoms. The van der Waals surface area contributed by atoms with E-state index in [0.29, 0.717) is 17.1 Å². The number of nitrogens with two attached hydrogens (primary N) is 1. The molecular formula is C13H18Cl2N2O. The normalized spacial score (nSPS) is 16.4. The summed E-state index contributed by atoms with van der Waals surface area (Å²) in [5.41, 5.74) is 7.30. The Labute approximate surface area is 118 Å². The third-order valence-corrected chi connectivity index (χ3v) is 3.87. The molecule has 0 heterocycles. The van der Waals surface area contributed by atoms with Crippen molar-refractivity contribution in [3.63, 3.8) is 0 Å². The Morgan fingerprint density at radius 3 is 2.72 bits per heavy atom. The Balaban J connectivity index is 0.00000162. The van der Waals surface area contributed by atoms with Crippen molar-refractivity contribution < 1.29 is 4.79 Å². The van der Waals surface area contributed by atoms with Crippen molar-refractivity contribution in [3.8, 4) is 0 Å². The van der Waals surface area contributed by atoms with Crippen molar-refractivity contribution in [1.29, 1.82) is 0 Å². The van der Waals surface area contributed by atoms with Gasteiger partial charge in [0.15, 0.2) is 0 Å². The lowest BCUT2D eigenvalue weighted by Crippen LogP contribution is -2.54. The van der Waals surface area contributed by atoms with Gasteiger partial charge in [-0.2, -0.15) is 0 Å². The Kier molecular flexibility index (Phi) is 5.02. The first-order chi connectivity index (χ1) is 8.02. The second kappa shape index (κ2) is 5.91. The summed E-state index contributed by atoms with van der Waals surface area (Å²) in [5, 5.41) is 3.50. The highest BCUT2D eigenvalue weighted by atomic mass is 35.5. The van der Waals surface area contributed by atoms with Crippen LogP contribution in [0.1, 0.15) is 35.2 Å². The van der Waals surface area contributed by atoms with Crippen molar-refractivity contribution >= 4 is 29.9 Å². The number of hydrogen-bond acceptors (Lipinski definition) is 2. The number of hydrogen-bond donors (Lipinski definition) is 2. The first-order valence-electron chi connectivity index (χ1n) is 5.84. The van der Waals surface area contributed by atoms with Crippen LogP contribution >= 0.6 is 24.0 Å². The van der Waals surface area contributed by atoms with Crippen LogP contribution in [0.5, 0.6) is 0 Å². The average Bonchev–Trinajstić information content (AvgIpc) is 2.27. The minimum Gasteiger partial charge on any atom is -0.350 e. The summed E-state index contributed by atoms with van der Waals surface area (Å²) in [6, 6.07) is 5.34. The molecule has 2 rings (SSSR count). The van der Waals surface area contributed by atoms with Gasteiger partial charge < -0.3 is 11.1 Å². The molecule has 0 spiro atoms. The summed E-state index contributed by atoms with van der Waals surface area (Å²) in [6.45, 7) is 2.39. The highest BCUT2D eigenvalue weighted by Gasteiger charge is 2.32. The molecule has 0 radical (unpaired) electrons. The predicted molar refractivity (Wildman–Crippen MR) is 76.5 cm³/mol. The molecule has 0 atom stereocenters. The molecule has 0 bridgehead atoms. The van der Waals surface area contributed by atoms with Gasteiger partial charge in [-0.05, 0) is 43.9 Å². The summed E-state index contributed by atoms with van der Waals surface area (Å²) < 4.78 is 0. The molecule has 1 fully saturated rings. The topological polar surface area (TPSA) is 55.1 Å². The third kappa shape index (κ3) is 3.16. The number of amides is 1. The Morgan fingerprint density at radius 1 is 1.50 bits per heavy atom. The van der Waals surface area contributed by atoms with Crippen LogP contribution < -0.4 is 11.1 Å². The van der Waals surface area contributed by atoms with Crippen LogP contribution in [0.25, 0.3) is 0 Å². The molecule has 1 saturated carbocycles. The van der Waals surface area contributed by atoms with E-state index in [4.69, 9.17) is 17.3 Å². The van der Waals surface area contributed by atoms with Crippen molar-refractivity contribution in [2.75, 3.05) is 6.54 Å². The minimum atomic E-state index is -0.192. The van der Waals surface area contributed by atoms with Gasteiger partial charge >= 0.3 is 0 Å². The second-order valence-corrected chi connectivity index (χ2v) is 5.22. The highest BCUT2D eigenvalue weighted by molar-refractivity contribution is 6.31. The van der Waals surface area contributed by atoms with E-state index in [9.17, 15) is 4.79 Å². The maximum absolute atomic E-state index is 12.0. The number of nitrogens with one attached hydrogen (secondary N) is 1. The van der Waals surface area contributed by atoms with Gasteiger partial charge in [0.05, 0.1) is 0 Å². The van der Waals surface area contributed by atoms with Gasteiger partial charge in [-0.3, -0.25) is 4.79 Å². The zero-order valence-electron chi connectivity index (χ0n) is 10.3. The molecule has 5 heteroatoms. The van der Waals surface area contributed by atoms with E-state index in [1.807, 2.05) is 6.92 Å². The summed E-state index contributed by atoms with van der Waals surface area (Å²) in [5.74, 6) is -0.0956. The van der Waals surface area contributed by atoms with Crippen molar-refractivity contribution in [2.45, 2.75) is 31.7 Å².